The molecule has 1 aromatic carbocycles. The Balaban J connectivity index is 2.90. The van der Waals surface area contributed by atoms with Gasteiger partial charge in [-0.15, -0.1) is 0 Å². The second-order valence-electron chi connectivity index (χ2n) is 2.37. The van der Waals surface area contributed by atoms with Crippen LogP contribution in [0.15, 0.2) is 24.3 Å². The van der Waals surface area contributed by atoms with Gasteiger partial charge in [-0.05, 0) is 18.2 Å². The van der Waals surface area contributed by atoms with E-state index in [1.54, 1.807) is 18.2 Å². The first kappa shape index (κ1) is 9.78. The lowest BCUT2D eigenvalue weighted by molar-refractivity contribution is 0.603. The van der Waals surface area contributed by atoms with Gasteiger partial charge >= 0.3 is 0 Å². The van der Waals surface area contributed by atoms with Crippen molar-refractivity contribution in [1.82, 2.24) is 0 Å². The van der Waals surface area contributed by atoms with Crippen molar-refractivity contribution in [3.05, 3.63) is 24.3 Å². The van der Waals surface area contributed by atoms with Gasteiger partial charge < -0.3 is 5.43 Å². The highest BCUT2D eigenvalue weighted by Crippen LogP contribution is 2.13. The van der Waals surface area contributed by atoms with Crippen molar-refractivity contribution in [2.45, 2.75) is 0 Å². The maximum absolute atomic E-state index is 10.6. The van der Waals surface area contributed by atoms with Crippen molar-refractivity contribution in [1.29, 1.82) is 0 Å². The van der Waals surface area contributed by atoms with Crippen molar-refractivity contribution in [3.63, 3.8) is 0 Å². The summed E-state index contributed by atoms with van der Waals surface area (Å²) in [6.07, 6.45) is 0. The van der Waals surface area contributed by atoms with E-state index in [0.29, 0.717) is 11.4 Å². The topological polar surface area (TPSA) is 110 Å². The van der Waals surface area contributed by atoms with Crippen molar-refractivity contribution >= 4 is 21.6 Å². The molecule has 7 heteroatoms. The van der Waals surface area contributed by atoms with Gasteiger partial charge in [-0.2, -0.15) is 8.42 Å². The summed E-state index contributed by atoms with van der Waals surface area (Å²) in [5, 5.41) is 4.77. The largest absolute Gasteiger partial charge is 0.324 e. The average molecular weight is 202 g/mol. The predicted octanol–water partition coefficient (Wildman–Crippen LogP) is -0.412. The summed E-state index contributed by atoms with van der Waals surface area (Å²) < 4.78 is 23.3. The molecule has 0 saturated heterocycles. The first-order valence-electron chi connectivity index (χ1n) is 3.38. The first-order valence-corrected chi connectivity index (χ1v) is 4.93. The second-order valence-corrected chi connectivity index (χ2v) is 3.67. The molecule has 6 nitrogen and oxygen atoms in total. The Morgan fingerprint density at radius 1 is 1.23 bits per heavy atom. The third kappa shape index (κ3) is 3.28. The molecule has 0 amide bonds. The highest BCUT2D eigenvalue weighted by Gasteiger charge is 2.01. The van der Waals surface area contributed by atoms with Gasteiger partial charge in [-0.25, -0.2) is 5.14 Å². The molecule has 0 fully saturated rings. The molecule has 0 spiro atoms. The normalized spacial score (nSPS) is 10.9. The van der Waals surface area contributed by atoms with Gasteiger partial charge in [0.2, 0.25) is 0 Å². The summed E-state index contributed by atoms with van der Waals surface area (Å²) >= 11 is 0. The van der Waals surface area contributed by atoms with E-state index in [-0.39, 0.29) is 0 Å². The zero-order valence-corrected chi connectivity index (χ0v) is 7.51. The number of hydrogen-bond donors (Lipinski definition) is 4. The minimum Gasteiger partial charge on any atom is -0.324 e. The molecule has 0 bridgehead atoms. The average Bonchev–Trinajstić information content (AvgIpc) is 2.01. The van der Waals surface area contributed by atoms with Gasteiger partial charge in [-0.3, -0.25) is 10.6 Å². The van der Waals surface area contributed by atoms with Crippen LogP contribution in [0, 0.1) is 0 Å². The lowest BCUT2D eigenvalue weighted by atomic mass is 10.3. The number of benzene rings is 1. The lowest BCUT2D eigenvalue weighted by Gasteiger charge is -2.05. The third-order valence-electron chi connectivity index (χ3n) is 1.29. The molecule has 0 heterocycles. The van der Waals surface area contributed by atoms with Gasteiger partial charge in [0.1, 0.15) is 0 Å². The van der Waals surface area contributed by atoms with Crippen molar-refractivity contribution in [2.75, 3.05) is 10.1 Å². The zero-order chi connectivity index (χ0) is 9.90. The van der Waals surface area contributed by atoms with E-state index in [9.17, 15) is 8.42 Å². The lowest BCUT2D eigenvalue weighted by Crippen LogP contribution is -2.21. The summed E-state index contributed by atoms with van der Waals surface area (Å²) in [6, 6.07) is 6.41. The SMILES string of the molecule is NNc1cccc(NS(N)(=O)=O)c1. The molecular weight excluding hydrogens is 192 g/mol. The van der Waals surface area contributed by atoms with Gasteiger partial charge in [0.25, 0.3) is 10.2 Å². The molecule has 0 aromatic heterocycles. The number of nitrogens with one attached hydrogen (secondary N) is 2. The minimum absolute atomic E-state index is 0.359. The number of hydrogen-bond acceptors (Lipinski definition) is 4. The fraction of sp³-hybridized carbons (Fsp3) is 0. The van der Waals surface area contributed by atoms with Crippen LogP contribution < -0.4 is 21.1 Å². The van der Waals surface area contributed by atoms with Crippen LogP contribution in [-0.2, 0) is 10.2 Å². The Kier molecular flexibility index (Phi) is 2.71. The zero-order valence-electron chi connectivity index (χ0n) is 6.69. The maximum Gasteiger partial charge on any atom is 0.296 e. The van der Waals surface area contributed by atoms with E-state index in [4.69, 9.17) is 11.0 Å². The summed E-state index contributed by atoms with van der Waals surface area (Å²) in [5.74, 6) is 5.12. The number of anilines is 2. The highest BCUT2D eigenvalue weighted by molar-refractivity contribution is 7.90. The van der Waals surface area contributed by atoms with Crippen LogP contribution in [-0.4, -0.2) is 8.42 Å². The second kappa shape index (κ2) is 3.60. The number of nitrogen functional groups attached to an aromatic ring is 1. The summed E-state index contributed by atoms with van der Waals surface area (Å²) in [4.78, 5) is 0. The molecule has 0 saturated carbocycles. The smallest absolute Gasteiger partial charge is 0.296 e. The maximum atomic E-state index is 10.6. The molecular formula is C6H10N4O2S. The third-order valence-corrected chi connectivity index (χ3v) is 1.81. The molecule has 6 N–H and O–H groups in total. The van der Waals surface area contributed by atoms with Crippen LogP contribution in [0.4, 0.5) is 11.4 Å². The van der Waals surface area contributed by atoms with E-state index in [1.807, 2.05) is 0 Å². The first-order chi connectivity index (χ1) is 6.01. The Bertz CT molecular complexity index is 389. The van der Waals surface area contributed by atoms with Gasteiger partial charge in [0, 0.05) is 0 Å². The van der Waals surface area contributed by atoms with E-state index in [1.165, 1.54) is 6.07 Å². The van der Waals surface area contributed by atoms with Gasteiger partial charge in [0.15, 0.2) is 0 Å². The van der Waals surface area contributed by atoms with E-state index in [2.05, 4.69) is 10.1 Å². The Hall–Kier alpha value is -1.31. The molecule has 0 aliphatic rings. The van der Waals surface area contributed by atoms with Crippen LogP contribution in [0.25, 0.3) is 0 Å². The molecule has 13 heavy (non-hydrogen) atoms. The van der Waals surface area contributed by atoms with Crippen LogP contribution in [0.3, 0.4) is 0 Å². The van der Waals surface area contributed by atoms with Crippen LogP contribution in [0.1, 0.15) is 0 Å². The standard InChI is InChI=1S/C6H10N4O2S/c7-9-5-2-1-3-6(4-5)10-13(8,11)12/h1-4,9-10H,7H2,(H2,8,11,12). The Labute approximate surface area is 76.1 Å². The minimum atomic E-state index is -3.72. The molecule has 1 aromatic rings. The fourth-order valence-electron chi connectivity index (χ4n) is 0.837. The van der Waals surface area contributed by atoms with Crippen LogP contribution in [0.2, 0.25) is 0 Å². The van der Waals surface area contributed by atoms with Crippen molar-refractivity contribution < 1.29 is 8.42 Å². The molecule has 0 aliphatic carbocycles. The Morgan fingerprint density at radius 3 is 2.38 bits per heavy atom. The molecule has 0 aliphatic heterocycles. The van der Waals surface area contributed by atoms with E-state index < -0.39 is 10.2 Å². The van der Waals surface area contributed by atoms with Crippen molar-refractivity contribution in [3.8, 4) is 0 Å². The predicted molar refractivity (Wildman–Crippen MR) is 51.0 cm³/mol. The van der Waals surface area contributed by atoms with Crippen molar-refractivity contribution in [2.24, 2.45) is 11.0 Å². The molecule has 0 radical (unpaired) electrons. The van der Waals surface area contributed by atoms with E-state index in [0.717, 1.165) is 0 Å². The molecule has 0 unspecified atom stereocenters. The number of rotatable bonds is 3. The number of hydrazine groups is 1. The number of nitrogens with two attached hydrogens (primary N) is 2. The quantitative estimate of drug-likeness (QED) is 0.394. The summed E-state index contributed by atoms with van der Waals surface area (Å²) in [5.41, 5.74) is 3.33. The van der Waals surface area contributed by atoms with Gasteiger partial charge in [0.05, 0.1) is 11.4 Å². The van der Waals surface area contributed by atoms with Crippen LogP contribution in [0.5, 0.6) is 0 Å². The van der Waals surface area contributed by atoms with E-state index >= 15 is 0 Å². The highest BCUT2D eigenvalue weighted by atomic mass is 32.2. The van der Waals surface area contributed by atoms with Gasteiger partial charge in [-0.1, -0.05) is 6.07 Å². The summed E-state index contributed by atoms with van der Waals surface area (Å²) in [7, 11) is -3.72. The molecule has 72 valence electrons. The van der Waals surface area contributed by atoms with Crippen LogP contribution >= 0.6 is 0 Å². The molecule has 1 rings (SSSR count). The molecule has 0 atom stereocenters. The Morgan fingerprint density at radius 2 is 1.85 bits per heavy atom. The fourth-order valence-corrected chi connectivity index (χ4v) is 1.29. The monoisotopic (exact) mass is 202 g/mol. The summed E-state index contributed by atoms with van der Waals surface area (Å²) in [6.45, 7) is 0.